The number of halogens is 6. The second-order valence-corrected chi connectivity index (χ2v) is 6.58. The summed E-state index contributed by atoms with van der Waals surface area (Å²) in [6.07, 6.45) is -10.5. The van der Waals surface area contributed by atoms with Gasteiger partial charge in [0.15, 0.2) is 5.60 Å². The molecule has 0 aromatic rings. The first-order valence-corrected chi connectivity index (χ1v) is 7.82. The van der Waals surface area contributed by atoms with Crippen molar-refractivity contribution in [2.45, 2.75) is 68.6 Å². The molecule has 2 atom stereocenters. The average molecular weight is 362 g/mol. The molecule has 2 rings (SSSR count). The van der Waals surface area contributed by atoms with Crippen molar-refractivity contribution in [1.82, 2.24) is 10.6 Å². The lowest BCUT2D eigenvalue weighted by Crippen LogP contribution is -2.54. The zero-order chi connectivity index (χ0) is 18.2. The molecule has 3 N–H and O–H groups in total. The lowest BCUT2D eigenvalue weighted by Gasteiger charge is -2.38. The van der Waals surface area contributed by atoms with E-state index in [9.17, 15) is 36.2 Å². The minimum atomic E-state index is -4.73. The summed E-state index contributed by atoms with van der Waals surface area (Å²) in [5.74, 6) is -1.38. The van der Waals surface area contributed by atoms with Crippen LogP contribution in [0.25, 0.3) is 0 Å². The number of amides is 1. The fraction of sp³-hybridized carbons (Fsp3) is 0.929. The van der Waals surface area contributed by atoms with E-state index in [2.05, 4.69) is 10.6 Å². The Morgan fingerprint density at radius 3 is 2.17 bits per heavy atom. The summed E-state index contributed by atoms with van der Waals surface area (Å²) in [6.45, 7) is 0.0563. The number of aliphatic hydroxyl groups is 1. The molecular formula is C14H20F6N2O2. The quantitative estimate of drug-likeness (QED) is 0.661. The third kappa shape index (κ3) is 4.33. The van der Waals surface area contributed by atoms with Gasteiger partial charge >= 0.3 is 12.4 Å². The third-order valence-electron chi connectivity index (χ3n) is 4.86. The van der Waals surface area contributed by atoms with E-state index in [4.69, 9.17) is 0 Å². The molecule has 0 aromatic carbocycles. The van der Waals surface area contributed by atoms with E-state index in [1.54, 1.807) is 0 Å². The lowest BCUT2D eigenvalue weighted by molar-refractivity contribution is -0.270. The number of piperidine rings is 1. The smallest absolute Gasteiger partial charge is 0.380 e. The summed E-state index contributed by atoms with van der Waals surface area (Å²) in [5.41, 5.74) is -2.75. The molecule has 1 saturated heterocycles. The molecule has 1 aliphatic heterocycles. The fourth-order valence-corrected chi connectivity index (χ4v) is 3.25. The van der Waals surface area contributed by atoms with Crippen molar-refractivity contribution in [3.05, 3.63) is 0 Å². The Kier molecular flexibility index (Phi) is 5.39. The van der Waals surface area contributed by atoms with Gasteiger partial charge in [-0.1, -0.05) is 0 Å². The Labute approximate surface area is 135 Å². The van der Waals surface area contributed by atoms with Crippen molar-refractivity contribution in [3.8, 4) is 0 Å². The highest BCUT2D eigenvalue weighted by Crippen LogP contribution is 2.41. The van der Waals surface area contributed by atoms with E-state index in [1.807, 2.05) is 0 Å². The first-order valence-electron chi connectivity index (χ1n) is 7.82. The molecule has 0 spiro atoms. The number of alkyl halides is 6. The van der Waals surface area contributed by atoms with Crippen LogP contribution in [-0.4, -0.2) is 47.6 Å². The predicted octanol–water partition coefficient (Wildman–Crippen LogP) is 2.27. The van der Waals surface area contributed by atoms with E-state index >= 15 is 0 Å². The average Bonchev–Trinajstić information content (AvgIpc) is 2.48. The maximum atomic E-state index is 12.7. The Hall–Kier alpha value is -1.03. The van der Waals surface area contributed by atoms with Crippen molar-refractivity contribution >= 4 is 5.91 Å². The number of carbonyl (C=O) groups is 1. The number of carbonyl (C=O) groups excluding carboxylic acids is 1. The van der Waals surface area contributed by atoms with Crippen LogP contribution in [0.1, 0.15) is 38.5 Å². The lowest BCUT2D eigenvalue weighted by atomic mass is 9.81. The summed E-state index contributed by atoms with van der Waals surface area (Å²) in [7, 11) is 0. The van der Waals surface area contributed by atoms with Gasteiger partial charge in [0.25, 0.3) is 0 Å². The van der Waals surface area contributed by atoms with Gasteiger partial charge in [0.2, 0.25) is 5.91 Å². The SMILES string of the molecule is O=C(N[C@H]1CC[C@@](O)(C(F)(F)F)CC1)[C@H]1CCN[C@@H](C(F)(F)F)C1. The predicted molar refractivity (Wildman–Crippen MR) is 72.0 cm³/mol. The molecule has 1 amide bonds. The molecule has 1 saturated carbocycles. The van der Waals surface area contributed by atoms with Crippen LogP contribution in [0.4, 0.5) is 26.3 Å². The fourth-order valence-electron chi connectivity index (χ4n) is 3.25. The second-order valence-electron chi connectivity index (χ2n) is 6.58. The van der Waals surface area contributed by atoms with Crippen LogP contribution in [-0.2, 0) is 4.79 Å². The van der Waals surface area contributed by atoms with Crippen LogP contribution in [0, 0.1) is 5.92 Å². The maximum absolute atomic E-state index is 12.7. The van der Waals surface area contributed by atoms with Crippen LogP contribution < -0.4 is 10.6 Å². The maximum Gasteiger partial charge on any atom is 0.417 e. The van der Waals surface area contributed by atoms with E-state index in [1.165, 1.54) is 0 Å². The highest BCUT2D eigenvalue weighted by atomic mass is 19.4. The number of hydrogen-bond donors (Lipinski definition) is 3. The van der Waals surface area contributed by atoms with E-state index in [0.717, 1.165) is 0 Å². The van der Waals surface area contributed by atoms with Gasteiger partial charge in [-0.25, -0.2) is 0 Å². The van der Waals surface area contributed by atoms with Gasteiger partial charge in [-0.05, 0) is 45.1 Å². The summed E-state index contributed by atoms with van der Waals surface area (Å²) in [4.78, 5) is 12.1. The van der Waals surface area contributed by atoms with Gasteiger partial charge < -0.3 is 15.7 Å². The summed E-state index contributed by atoms with van der Waals surface area (Å²) in [5, 5.41) is 14.4. The standard InChI is InChI=1S/C14H20F6N2O2/c15-13(16,17)10-7-8(3-6-21-10)11(23)22-9-1-4-12(24,5-2-9)14(18,19)20/h8-10,21,24H,1-7H2,(H,22,23)/t8-,9-,10+,12-/m0/s1. The minimum absolute atomic E-state index is 0.0563. The molecule has 0 bridgehead atoms. The van der Waals surface area contributed by atoms with Crippen molar-refractivity contribution in [3.63, 3.8) is 0 Å². The van der Waals surface area contributed by atoms with E-state index in [-0.39, 0.29) is 32.2 Å². The van der Waals surface area contributed by atoms with Crippen LogP contribution in [0.5, 0.6) is 0 Å². The van der Waals surface area contributed by atoms with Gasteiger partial charge in [-0.2, -0.15) is 26.3 Å². The van der Waals surface area contributed by atoms with Crippen molar-refractivity contribution < 1.29 is 36.2 Å². The largest absolute Gasteiger partial charge is 0.417 e. The molecule has 140 valence electrons. The Morgan fingerprint density at radius 1 is 1.08 bits per heavy atom. The molecule has 2 fully saturated rings. The zero-order valence-corrected chi connectivity index (χ0v) is 12.8. The molecule has 1 aliphatic carbocycles. The minimum Gasteiger partial charge on any atom is -0.380 e. The van der Waals surface area contributed by atoms with Gasteiger partial charge in [0.1, 0.15) is 6.04 Å². The molecule has 0 unspecified atom stereocenters. The van der Waals surface area contributed by atoms with Crippen LogP contribution in [0.3, 0.4) is 0 Å². The number of hydrogen-bond acceptors (Lipinski definition) is 3. The topological polar surface area (TPSA) is 61.4 Å². The van der Waals surface area contributed by atoms with Crippen molar-refractivity contribution in [1.29, 1.82) is 0 Å². The Bertz CT molecular complexity index is 457. The van der Waals surface area contributed by atoms with E-state index < -0.39 is 54.7 Å². The molecule has 2 aliphatic rings. The van der Waals surface area contributed by atoms with Crippen molar-refractivity contribution in [2.75, 3.05) is 6.54 Å². The van der Waals surface area contributed by atoms with E-state index in [0.29, 0.717) is 0 Å². The van der Waals surface area contributed by atoms with Gasteiger partial charge in [-0.3, -0.25) is 4.79 Å². The molecular weight excluding hydrogens is 342 g/mol. The molecule has 1 heterocycles. The molecule has 10 heteroatoms. The zero-order valence-electron chi connectivity index (χ0n) is 12.8. The molecule has 4 nitrogen and oxygen atoms in total. The summed E-state index contributed by atoms with van der Waals surface area (Å²) >= 11 is 0. The molecule has 24 heavy (non-hydrogen) atoms. The highest BCUT2D eigenvalue weighted by molar-refractivity contribution is 5.79. The highest BCUT2D eigenvalue weighted by Gasteiger charge is 2.54. The first-order chi connectivity index (χ1) is 10.9. The summed E-state index contributed by atoms with van der Waals surface area (Å²) < 4.78 is 76.2. The first kappa shape index (κ1) is 19.3. The molecule has 0 aromatic heterocycles. The second kappa shape index (κ2) is 6.70. The van der Waals surface area contributed by atoms with Gasteiger partial charge in [-0.15, -0.1) is 0 Å². The summed E-state index contributed by atoms with van der Waals surface area (Å²) in [6, 6.07) is -2.30. The monoisotopic (exact) mass is 362 g/mol. The third-order valence-corrected chi connectivity index (χ3v) is 4.86. The molecule has 0 radical (unpaired) electrons. The Balaban J connectivity index is 1.86. The van der Waals surface area contributed by atoms with Crippen LogP contribution in [0.2, 0.25) is 0 Å². The Morgan fingerprint density at radius 2 is 1.67 bits per heavy atom. The van der Waals surface area contributed by atoms with Crippen LogP contribution >= 0.6 is 0 Å². The number of rotatable bonds is 2. The van der Waals surface area contributed by atoms with Crippen molar-refractivity contribution in [2.24, 2.45) is 5.92 Å². The van der Waals surface area contributed by atoms with Gasteiger partial charge in [0, 0.05) is 12.0 Å². The van der Waals surface area contributed by atoms with Gasteiger partial charge in [0.05, 0.1) is 0 Å². The normalized spacial score (nSPS) is 35.5. The number of nitrogens with one attached hydrogen (secondary N) is 2. The van der Waals surface area contributed by atoms with Crippen LogP contribution in [0.15, 0.2) is 0 Å².